The van der Waals surface area contributed by atoms with Gasteiger partial charge in [0.2, 0.25) is 5.91 Å². The van der Waals surface area contributed by atoms with Crippen LogP contribution in [0.25, 0.3) is 0 Å². The number of nitrogens with zero attached hydrogens (tertiary/aromatic N) is 2. The van der Waals surface area contributed by atoms with Gasteiger partial charge in [0.25, 0.3) is 0 Å². The van der Waals surface area contributed by atoms with Crippen LogP contribution in [-0.2, 0) is 16.0 Å². The minimum absolute atomic E-state index is 0.143. The van der Waals surface area contributed by atoms with Crippen molar-refractivity contribution in [1.82, 2.24) is 10.1 Å². The van der Waals surface area contributed by atoms with Crippen molar-refractivity contribution in [3.05, 3.63) is 17.0 Å². The van der Waals surface area contributed by atoms with Crippen molar-refractivity contribution in [2.24, 2.45) is 5.73 Å². The number of likely N-dealkylation sites (tertiary alicyclic amines) is 1. The van der Waals surface area contributed by atoms with Crippen molar-refractivity contribution in [1.29, 1.82) is 0 Å². The number of hydrogen-bond donors (Lipinski definition) is 1. The van der Waals surface area contributed by atoms with Gasteiger partial charge in [0.05, 0.1) is 18.2 Å². The molecule has 21 heavy (non-hydrogen) atoms. The average Bonchev–Trinajstić information content (AvgIpc) is 2.80. The molecule has 0 unspecified atom stereocenters. The summed E-state index contributed by atoms with van der Waals surface area (Å²) in [4.78, 5) is 14.2. The summed E-state index contributed by atoms with van der Waals surface area (Å²) in [5, 5.41) is 3.89. The van der Waals surface area contributed by atoms with E-state index in [0.717, 1.165) is 49.4 Å². The lowest BCUT2D eigenvalue weighted by molar-refractivity contribution is -0.133. The Morgan fingerprint density at radius 3 is 2.71 bits per heavy atom. The molecule has 1 amide bonds. The fraction of sp³-hybridized carbons (Fsp3) is 0.733. The summed E-state index contributed by atoms with van der Waals surface area (Å²) in [6.07, 6.45) is 3.33. The monoisotopic (exact) mass is 295 g/mol. The van der Waals surface area contributed by atoms with Gasteiger partial charge in [-0.1, -0.05) is 5.16 Å². The second-order valence-electron chi connectivity index (χ2n) is 5.57. The summed E-state index contributed by atoms with van der Waals surface area (Å²) in [6.45, 7) is 6.62. The third kappa shape index (κ3) is 4.28. The van der Waals surface area contributed by atoms with Crippen molar-refractivity contribution < 1.29 is 14.1 Å². The van der Waals surface area contributed by atoms with E-state index in [2.05, 4.69) is 5.16 Å². The molecule has 1 fully saturated rings. The van der Waals surface area contributed by atoms with Gasteiger partial charge in [-0.05, 0) is 39.7 Å². The van der Waals surface area contributed by atoms with E-state index in [1.807, 2.05) is 18.7 Å². The van der Waals surface area contributed by atoms with Crippen molar-refractivity contribution in [2.45, 2.75) is 45.6 Å². The predicted molar refractivity (Wildman–Crippen MR) is 78.9 cm³/mol. The van der Waals surface area contributed by atoms with Crippen LogP contribution >= 0.6 is 0 Å². The maximum absolute atomic E-state index is 12.3. The minimum atomic E-state index is 0.143. The minimum Gasteiger partial charge on any atom is -0.378 e. The van der Waals surface area contributed by atoms with Crippen LogP contribution in [0, 0.1) is 13.8 Å². The molecule has 0 aromatic carbocycles. The van der Waals surface area contributed by atoms with Crippen LogP contribution in [0.3, 0.4) is 0 Å². The van der Waals surface area contributed by atoms with E-state index in [4.69, 9.17) is 15.0 Å². The third-order valence-electron chi connectivity index (χ3n) is 4.01. The smallest absolute Gasteiger partial charge is 0.227 e. The number of carbonyl (C=O) groups excluding carboxylic acids is 1. The predicted octanol–water partition coefficient (Wildman–Crippen LogP) is 1.19. The van der Waals surface area contributed by atoms with E-state index in [1.165, 1.54) is 0 Å². The Kier molecular flexibility index (Phi) is 5.76. The van der Waals surface area contributed by atoms with E-state index < -0.39 is 0 Å². The van der Waals surface area contributed by atoms with Gasteiger partial charge in [0.1, 0.15) is 5.76 Å². The lowest BCUT2D eigenvalue weighted by Gasteiger charge is -2.32. The van der Waals surface area contributed by atoms with Gasteiger partial charge in [-0.2, -0.15) is 0 Å². The van der Waals surface area contributed by atoms with E-state index >= 15 is 0 Å². The summed E-state index contributed by atoms with van der Waals surface area (Å²) in [5.41, 5.74) is 7.17. The Morgan fingerprint density at radius 2 is 2.14 bits per heavy atom. The Morgan fingerprint density at radius 1 is 1.43 bits per heavy atom. The maximum Gasteiger partial charge on any atom is 0.227 e. The van der Waals surface area contributed by atoms with Gasteiger partial charge in [-0.3, -0.25) is 4.79 Å². The average molecular weight is 295 g/mol. The molecule has 2 N–H and O–H groups in total. The summed E-state index contributed by atoms with van der Waals surface area (Å²) >= 11 is 0. The van der Waals surface area contributed by atoms with Crippen molar-refractivity contribution in [3.8, 4) is 0 Å². The molecule has 0 aliphatic carbocycles. The van der Waals surface area contributed by atoms with Crippen LogP contribution in [0.15, 0.2) is 4.52 Å². The molecule has 0 saturated carbocycles. The van der Waals surface area contributed by atoms with Crippen LogP contribution in [-0.4, -0.2) is 48.3 Å². The normalized spacial score (nSPS) is 16.4. The first-order chi connectivity index (χ1) is 10.1. The fourth-order valence-corrected chi connectivity index (χ4v) is 2.62. The van der Waals surface area contributed by atoms with Crippen LogP contribution in [0.4, 0.5) is 0 Å². The molecule has 1 aromatic heterocycles. The Hall–Kier alpha value is -1.40. The first kappa shape index (κ1) is 16.0. The van der Waals surface area contributed by atoms with Gasteiger partial charge in [0, 0.05) is 25.3 Å². The molecule has 6 heteroatoms. The Balaban J connectivity index is 1.78. The molecule has 0 atom stereocenters. The first-order valence-corrected chi connectivity index (χ1v) is 7.63. The van der Waals surface area contributed by atoms with Crippen LogP contribution in [0.1, 0.15) is 36.3 Å². The maximum atomic E-state index is 12.3. The van der Waals surface area contributed by atoms with Crippen molar-refractivity contribution in [2.75, 3.05) is 26.2 Å². The molecular weight excluding hydrogens is 270 g/mol. The molecule has 118 valence electrons. The lowest BCUT2D eigenvalue weighted by Crippen LogP contribution is -2.41. The topological polar surface area (TPSA) is 81.6 Å². The van der Waals surface area contributed by atoms with E-state index in [1.54, 1.807) is 0 Å². The van der Waals surface area contributed by atoms with E-state index in [0.29, 0.717) is 19.6 Å². The largest absolute Gasteiger partial charge is 0.378 e. The molecule has 6 nitrogen and oxygen atoms in total. The number of ether oxygens (including phenoxy) is 1. The summed E-state index contributed by atoms with van der Waals surface area (Å²) < 4.78 is 10.9. The molecule has 1 aromatic rings. The highest BCUT2D eigenvalue weighted by atomic mass is 16.5. The lowest BCUT2D eigenvalue weighted by atomic mass is 10.1. The molecule has 0 bridgehead atoms. The number of carbonyl (C=O) groups is 1. The van der Waals surface area contributed by atoms with Gasteiger partial charge >= 0.3 is 0 Å². The molecule has 1 aliphatic heterocycles. The van der Waals surface area contributed by atoms with E-state index in [-0.39, 0.29) is 12.0 Å². The van der Waals surface area contributed by atoms with Crippen LogP contribution < -0.4 is 5.73 Å². The number of hydrogen-bond acceptors (Lipinski definition) is 5. The van der Waals surface area contributed by atoms with Gasteiger partial charge in [-0.15, -0.1) is 0 Å². The molecule has 1 saturated heterocycles. The summed E-state index contributed by atoms with van der Waals surface area (Å²) in [6, 6.07) is 0. The van der Waals surface area contributed by atoms with Crippen molar-refractivity contribution >= 4 is 5.91 Å². The second kappa shape index (κ2) is 7.56. The Bertz CT molecular complexity index is 445. The van der Waals surface area contributed by atoms with Crippen LogP contribution in [0.2, 0.25) is 0 Å². The number of rotatable bonds is 6. The fourth-order valence-electron chi connectivity index (χ4n) is 2.62. The zero-order valence-corrected chi connectivity index (χ0v) is 12.9. The SMILES string of the molecule is Cc1noc(C)c1CC(=O)N1CCC(OCCCN)CC1. The molecule has 0 spiro atoms. The highest BCUT2D eigenvalue weighted by Gasteiger charge is 2.24. The molecule has 2 heterocycles. The number of aryl methyl sites for hydroxylation is 2. The summed E-state index contributed by atoms with van der Waals surface area (Å²) in [7, 11) is 0. The zero-order chi connectivity index (χ0) is 15.2. The molecule has 0 radical (unpaired) electrons. The van der Waals surface area contributed by atoms with Crippen molar-refractivity contribution in [3.63, 3.8) is 0 Å². The highest BCUT2D eigenvalue weighted by molar-refractivity contribution is 5.79. The van der Waals surface area contributed by atoms with E-state index in [9.17, 15) is 4.79 Å². The summed E-state index contributed by atoms with van der Waals surface area (Å²) in [5.74, 6) is 0.880. The van der Waals surface area contributed by atoms with Gasteiger partial charge in [0.15, 0.2) is 0 Å². The van der Waals surface area contributed by atoms with Crippen LogP contribution in [0.5, 0.6) is 0 Å². The zero-order valence-electron chi connectivity index (χ0n) is 12.9. The number of piperidine rings is 1. The quantitative estimate of drug-likeness (QED) is 0.797. The standard InChI is InChI=1S/C15H25N3O3/c1-11-14(12(2)21-17-11)10-15(19)18-7-4-13(5-8-18)20-9-3-6-16/h13H,3-10,16H2,1-2H3. The third-order valence-corrected chi connectivity index (χ3v) is 4.01. The number of amides is 1. The van der Waals surface area contributed by atoms with Gasteiger partial charge in [-0.25, -0.2) is 0 Å². The Labute approximate surface area is 125 Å². The second-order valence-corrected chi connectivity index (χ2v) is 5.57. The first-order valence-electron chi connectivity index (χ1n) is 7.63. The number of aromatic nitrogens is 1. The molecular formula is C15H25N3O3. The number of nitrogens with two attached hydrogens (primary N) is 1. The molecule has 1 aliphatic rings. The highest BCUT2D eigenvalue weighted by Crippen LogP contribution is 2.18. The molecule has 2 rings (SSSR count). The van der Waals surface area contributed by atoms with Gasteiger partial charge < -0.3 is 19.9 Å².